The largest absolute Gasteiger partial charge is 0.476 e. The van der Waals surface area contributed by atoms with E-state index < -0.39 is 0 Å². The van der Waals surface area contributed by atoms with Crippen LogP contribution in [0.3, 0.4) is 0 Å². The van der Waals surface area contributed by atoms with Crippen LogP contribution in [0.1, 0.15) is 31.2 Å². The molecule has 0 bridgehead atoms. The van der Waals surface area contributed by atoms with Gasteiger partial charge in [0.15, 0.2) is 10.8 Å². The predicted molar refractivity (Wildman–Crippen MR) is 112 cm³/mol. The Morgan fingerprint density at radius 3 is 2.90 bits per heavy atom. The maximum Gasteiger partial charge on any atom is 0.243 e. The maximum atomic E-state index is 12.8. The number of amides is 1. The minimum absolute atomic E-state index is 0.0434. The second kappa shape index (κ2) is 7.94. The molecule has 29 heavy (non-hydrogen) atoms. The highest BCUT2D eigenvalue weighted by molar-refractivity contribution is 7.22. The van der Waals surface area contributed by atoms with Crippen LogP contribution in [0.15, 0.2) is 36.7 Å². The van der Waals surface area contributed by atoms with Gasteiger partial charge in [-0.25, -0.2) is 9.97 Å². The van der Waals surface area contributed by atoms with Crippen LogP contribution >= 0.6 is 11.3 Å². The maximum absolute atomic E-state index is 12.8. The molecule has 1 aromatic carbocycles. The summed E-state index contributed by atoms with van der Waals surface area (Å²) in [6.45, 7) is 2.05. The zero-order valence-electron chi connectivity index (χ0n) is 16.1. The first-order chi connectivity index (χ1) is 14.3. The number of anilines is 1. The fourth-order valence-corrected chi connectivity index (χ4v) is 4.64. The van der Waals surface area contributed by atoms with Crippen LogP contribution in [0.5, 0.6) is 5.88 Å². The Morgan fingerprint density at radius 2 is 2.07 bits per heavy atom. The molecule has 3 aromatic rings. The number of hydrogen-bond acceptors (Lipinski definition) is 7. The molecule has 0 radical (unpaired) electrons. The summed E-state index contributed by atoms with van der Waals surface area (Å²) in [4.78, 5) is 28.2. The number of hydrogen-bond donors (Lipinski definition) is 1. The molecule has 1 saturated carbocycles. The van der Waals surface area contributed by atoms with Crippen LogP contribution in [0, 0.1) is 5.92 Å². The number of ether oxygens (including phenoxy) is 1. The van der Waals surface area contributed by atoms with E-state index in [1.54, 1.807) is 0 Å². The number of aromatic nitrogens is 3. The van der Waals surface area contributed by atoms with E-state index in [-0.39, 0.29) is 11.9 Å². The van der Waals surface area contributed by atoms with Crippen molar-refractivity contribution < 1.29 is 9.53 Å². The summed E-state index contributed by atoms with van der Waals surface area (Å²) < 4.78 is 6.76. The molecule has 1 N–H and O–H groups in total. The van der Waals surface area contributed by atoms with Gasteiger partial charge in [0.2, 0.25) is 11.8 Å². The number of thiazole rings is 1. The molecule has 0 unspecified atom stereocenters. The van der Waals surface area contributed by atoms with Gasteiger partial charge in [-0.2, -0.15) is 4.98 Å². The average molecular weight is 410 g/mol. The number of rotatable bonds is 7. The first kappa shape index (κ1) is 18.3. The average Bonchev–Trinajstić information content (AvgIpc) is 3.26. The normalized spacial score (nSPS) is 18.9. The highest BCUT2D eigenvalue weighted by Gasteiger charge is 2.33. The molecule has 7 nitrogen and oxygen atoms in total. The summed E-state index contributed by atoms with van der Waals surface area (Å²) in [5.74, 6) is 1.31. The minimum atomic E-state index is -0.205. The van der Waals surface area contributed by atoms with Crippen LogP contribution < -0.4 is 15.0 Å². The molecule has 1 aliphatic heterocycles. The van der Waals surface area contributed by atoms with Gasteiger partial charge in [0.05, 0.1) is 6.61 Å². The fraction of sp³-hybridized carbons (Fsp3) is 0.429. The molecule has 0 spiro atoms. The monoisotopic (exact) mass is 409 g/mol. The van der Waals surface area contributed by atoms with Gasteiger partial charge < -0.3 is 15.0 Å². The third kappa shape index (κ3) is 4.03. The topological polar surface area (TPSA) is 80.2 Å². The van der Waals surface area contributed by atoms with Crippen molar-refractivity contribution in [3.05, 3.63) is 42.2 Å². The van der Waals surface area contributed by atoms with E-state index in [1.165, 1.54) is 30.5 Å². The highest BCUT2D eigenvalue weighted by Crippen LogP contribution is 2.37. The van der Waals surface area contributed by atoms with E-state index in [0.29, 0.717) is 30.6 Å². The van der Waals surface area contributed by atoms with Crippen molar-refractivity contribution >= 4 is 32.7 Å². The van der Waals surface area contributed by atoms with Crippen LogP contribution in [0.2, 0.25) is 0 Å². The summed E-state index contributed by atoms with van der Waals surface area (Å²) in [6.07, 6.45) is 5.76. The zero-order chi connectivity index (χ0) is 19.6. The Kier molecular flexibility index (Phi) is 5.01. The summed E-state index contributed by atoms with van der Waals surface area (Å²) in [5, 5.41) is 3.88. The highest BCUT2D eigenvalue weighted by atomic mass is 32.1. The summed E-state index contributed by atoms with van der Waals surface area (Å²) in [5.41, 5.74) is 1.74. The van der Waals surface area contributed by atoms with Crippen LogP contribution in [-0.4, -0.2) is 40.1 Å². The Bertz CT molecular complexity index is 1000. The van der Waals surface area contributed by atoms with Gasteiger partial charge in [-0.1, -0.05) is 41.7 Å². The van der Waals surface area contributed by atoms with E-state index in [2.05, 4.69) is 25.2 Å². The Labute approximate surface area is 173 Å². The molecule has 8 heteroatoms. The van der Waals surface area contributed by atoms with Crippen LogP contribution in [0.25, 0.3) is 10.3 Å². The number of fused-ring (bicyclic) bond motifs is 1. The quantitative estimate of drug-likeness (QED) is 0.646. The smallest absolute Gasteiger partial charge is 0.243 e. The summed E-state index contributed by atoms with van der Waals surface area (Å²) >= 11 is 1.51. The molecule has 1 saturated heterocycles. The van der Waals surface area contributed by atoms with E-state index in [1.807, 2.05) is 30.3 Å². The van der Waals surface area contributed by atoms with Gasteiger partial charge in [0.1, 0.15) is 17.1 Å². The molecule has 1 atom stereocenters. The number of benzene rings is 1. The molecular formula is C21H23N5O2S. The second-order valence-electron chi connectivity index (χ2n) is 7.64. The van der Waals surface area contributed by atoms with Crippen molar-refractivity contribution in [2.45, 2.75) is 38.3 Å². The molecule has 5 rings (SSSR count). The third-order valence-corrected chi connectivity index (χ3v) is 6.48. The van der Waals surface area contributed by atoms with Crippen molar-refractivity contribution in [1.82, 2.24) is 20.3 Å². The van der Waals surface area contributed by atoms with Gasteiger partial charge in [-0.3, -0.25) is 4.79 Å². The summed E-state index contributed by atoms with van der Waals surface area (Å²) in [6, 6.07) is 9.76. The van der Waals surface area contributed by atoms with Crippen LogP contribution in [0.4, 0.5) is 5.13 Å². The first-order valence-corrected chi connectivity index (χ1v) is 10.9. The Balaban J connectivity index is 1.31. The van der Waals surface area contributed by atoms with E-state index in [9.17, 15) is 4.79 Å². The molecule has 1 amide bonds. The Morgan fingerprint density at radius 1 is 1.21 bits per heavy atom. The van der Waals surface area contributed by atoms with Crippen molar-refractivity contribution in [1.29, 1.82) is 0 Å². The molecule has 2 fully saturated rings. The van der Waals surface area contributed by atoms with Gasteiger partial charge in [-0.05, 0) is 37.2 Å². The van der Waals surface area contributed by atoms with Crippen molar-refractivity contribution in [3.63, 3.8) is 0 Å². The third-order valence-electron chi connectivity index (χ3n) is 5.41. The SMILES string of the molecule is O=C(NCc1ccccc1)[C@H]1CCCN1c1nc2ncnc(OCC3CC3)c2s1. The lowest BCUT2D eigenvalue weighted by Crippen LogP contribution is -2.43. The second-order valence-corrected chi connectivity index (χ2v) is 8.61. The van der Waals surface area contributed by atoms with Crippen LogP contribution in [-0.2, 0) is 11.3 Å². The molecule has 1 aliphatic carbocycles. The lowest BCUT2D eigenvalue weighted by atomic mass is 10.2. The van der Waals surface area contributed by atoms with E-state index >= 15 is 0 Å². The number of nitrogens with zero attached hydrogens (tertiary/aromatic N) is 4. The van der Waals surface area contributed by atoms with Gasteiger partial charge in [-0.15, -0.1) is 0 Å². The number of carbonyl (C=O) groups is 1. The number of carbonyl (C=O) groups excluding carboxylic acids is 1. The van der Waals surface area contributed by atoms with E-state index in [4.69, 9.17) is 4.74 Å². The predicted octanol–water partition coefficient (Wildman–Crippen LogP) is 3.16. The molecule has 2 aliphatic rings. The molecular weight excluding hydrogens is 386 g/mol. The van der Waals surface area contributed by atoms with E-state index in [0.717, 1.165) is 34.8 Å². The number of nitrogens with one attached hydrogen (secondary N) is 1. The lowest BCUT2D eigenvalue weighted by molar-refractivity contribution is -0.122. The first-order valence-electron chi connectivity index (χ1n) is 10.1. The van der Waals surface area contributed by atoms with Crippen molar-refractivity contribution in [3.8, 4) is 5.88 Å². The van der Waals surface area contributed by atoms with Gasteiger partial charge >= 0.3 is 0 Å². The van der Waals surface area contributed by atoms with Crippen molar-refractivity contribution in [2.24, 2.45) is 5.92 Å². The molecule has 150 valence electrons. The summed E-state index contributed by atoms with van der Waals surface area (Å²) in [7, 11) is 0. The minimum Gasteiger partial charge on any atom is -0.476 e. The Hall–Kier alpha value is -2.74. The molecule has 2 aromatic heterocycles. The molecule has 3 heterocycles. The van der Waals surface area contributed by atoms with Gasteiger partial charge in [0.25, 0.3) is 0 Å². The zero-order valence-corrected chi connectivity index (χ0v) is 16.9. The standard InChI is InChI=1S/C21H23N5O2S/c27-19(22-11-14-5-2-1-3-6-14)16-7-4-10-26(16)21-25-18-17(29-21)20(24-13-23-18)28-12-15-8-9-15/h1-3,5-6,13,15-16H,4,7-12H2,(H,22,27)/t16-/m1/s1. The fourth-order valence-electron chi connectivity index (χ4n) is 3.60. The van der Waals surface area contributed by atoms with Crippen molar-refractivity contribution in [2.75, 3.05) is 18.1 Å². The lowest BCUT2D eigenvalue weighted by Gasteiger charge is -2.23. The van der Waals surface area contributed by atoms with Gasteiger partial charge in [0, 0.05) is 13.1 Å².